The zero-order valence-corrected chi connectivity index (χ0v) is 21.0. The molecule has 2 amide bonds. The quantitative estimate of drug-likeness (QED) is 0.145. The van der Waals surface area contributed by atoms with Gasteiger partial charge in [-0.15, -0.1) is 23.1 Å². The smallest absolute Gasteiger partial charge is 0.352 e. The number of carboxylic acid groups (broad SMARTS) is 1. The summed E-state index contributed by atoms with van der Waals surface area (Å²) in [5, 5.41) is 28.1. The second-order valence-corrected chi connectivity index (χ2v) is 10.2. The number of aliphatic carboxylic acids is 1. The lowest BCUT2D eigenvalue weighted by Crippen LogP contribution is -2.71. The molecule has 190 valence electrons. The number of hydrogen-bond donors (Lipinski definition) is 4. The fourth-order valence-corrected chi connectivity index (χ4v) is 6.20. The van der Waals surface area contributed by atoms with Gasteiger partial charge in [0.1, 0.15) is 35.7 Å². The molecule has 5 N–H and O–H groups in total. The third-order valence-electron chi connectivity index (χ3n) is 5.92. The molecule has 0 aliphatic carbocycles. The van der Waals surface area contributed by atoms with Crippen molar-refractivity contribution >= 4 is 62.6 Å². The number of thioether (sulfide) groups is 1. The van der Waals surface area contributed by atoms with Gasteiger partial charge in [0.25, 0.3) is 11.8 Å². The fraction of sp³-hybridized carbons (Fsp3) is 0.217. The van der Waals surface area contributed by atoms with Crippen LogP contribution in [0.5, 0.6) is 5.75 Å². The summed E-state index contributed by atoms with van der Waals surface area (Å²) in [6.45, 7) is 0.236. The average molecular weight is 542 g/mol. The first-order chi connectivity index (χ1) is 17.8. The molecule has 0 saturated carbocycles. The van der Waals surface area contributed by atoms with E-state index >= 15 is 0 Å². The van der Waals surface area contributed by atoms with E-state index in [2.05, 4.69) is 15.5 Å². The number of carboxylic acids is 1. The molecule has 2 aliphatic rings. The Balaban J connectivity index is 1.39. The Morgan fingerprint density at radius 1 is 1.38 bits per heavy atom. The highest BCUT2D eigenvalue weighted by molar-refractivity contribution is 8.00. The van der Waals surface area contributed by atoms with Crippen molar-refractivity contribution < 1.29 is 34.0 Å². The number of carbonyl (C=O) groups is 3. The Morgan fingerprint density at radius 2 is 2.19 bits per heavy atom. The summed E-state index contributed by atoms with van der Waals surface area (Å²) in [7, 11) is 1.28. The predicted molar refractivity (Wildman–Crippen MR) is 136 cm³/mol. The third-order valence-corrected chi connectivity index (χ3v) is 7.94. The minimum Gasteiger partial charge on any atom is -0.508 e. The van der Waals surface area contributed by atoms with Gasteiger partial charge in [-0.05, 0) is 18.2 Å². The van der Waals surface area contributed by atoms with Crippen molar-refractivity contribution in [2.75, 3.05) is 18.6 Å². The van der Waals surface area contributed by atoms with Gasteiger partial charge in [-0.3, -0.25) is 14.5 Å². The number of carbonyl (C=O) groups excluding carboxylic acids is 2. The summed E-state index contributed by atoms with van der Waals surface area (Å²) in [6.07, 6.45) is 1.81. The molecular formula is C23H21N6O6S2+. The van der Waals surface area contributed by atoms with E-state index in [1.807, 2.05) is 16.8 Å². The van der Waals surface area contributed by atoms with E-state index in [1.165, 1.54) is 23.8 Å². The fourth-order valence-electron chi connectivity index (χ4n) is 4.32. The van der Waals surface area contributed by atoms with Crippen LogP contribution in [0.2, 0.25) is 0 Å². The lowest BCUT2D eigenvalue weighted by Gasteiger charge is -2.49. The predicted octanol–water partition coefficient (Wildman–Crippen LogP) is 0.661. The number of benzene rings is 1. The number of aromatic nitrogens is 2. The minimum absolute atomic E-state index is 0.0967. The van der Waals surface area contributed by atoms with Crippen molar-refractivity contribution in [1.82, 2.24) is 15.2 Å². The van der Waals surface area contributed by atoms with Crippen molar-refractivity contribution in [2.45, 2.75) is 18.0 Å². The number of nitrogens with zero attached hydrogens (tertiary/aromatic N) is 4. The first-order valence-electron chi connectivity index (χ1n) is 10.9. The molecule has 3 aromatic rings. The van der Waals surface area contributed by atoms with Crippen molar-refractivity contribution in [1.29, 1.82) is 0 Å². The molecule has 37 heavy (non-hydrogen) atoms. The summed E-state index contributed by atoms with van der Waals surface area (Å²) in [5.41, 5.74) is 6.97. The van der Waals surface area contributed by atoms with E-state index in [0.29, 0.717) is 11.3 Å². The van der Waals surface area contributed by atoms with Gasteiger partial charge < -0.3 is 26.1 Å². The summed E-state index contributed by atoms with van der Waals surface area (Å²) in [4.78, 5) is 48.3. The van der Waals surface area contributed by atoms with E-state index < -0.39 is 29.2 Å². The summed E-state index contributed by atoms with van der Waals surface area (Å²) >= 11 is 2.48. The zero-order chi connectivity index (χ0) is 26.3. The van der Waals surface area contributed by atoms with E-state index in [1.54, 1.807) is 29.6 Å². The molecule has 0 bridgehead atoms. The highest BCUT2D eigenvalue weighted by atomic mass is 32.2. The second kappa shape index (κ2) is 9.71. The highest BCUT2D eigenvalue weighted by Crippen LogP contribution is 2.40. The topological polar surface area (TPSA) is 171 Å². The van der Waals surface area contributed by atoms with Crippen molar-refractivity contribution in [3.63, 3.8) is 0 Å². The molecule has 4 heterocycles. The number of rotatable bonds is 7. The van der Waals surface area contributed by atoms with E-state index in [0.717, 1.165) is 22.2 Å². The van der Waals surface area contributed by atoms with Crippen LogP contribution in [-0.2, 0) is 25.8 Å². The Bertz CT molecular complexity index is 1500. The molecule has 2 aromatic heterocycles. The van der Waals surface area contributed by atoms with Crippen molar-refractivity contribution in [3.05, 3.63) is 58.9 Å². The molecule has 1 saturated heterocycles. The number of nitrogen functional groups attached to an aromatic ring is 1. The number of oxime groups is 1. The molecule has 14 heteroatoms. The Kier molecular flexibility index (Phi) is 6.43. The maximum absolute atomic E-state index is 13.1. The van der Waals surface area contributed by atoms with E-state index in [9.17, 15) is 24.6 Å². The number of amides is 2. The summed E-state index contributed by atoms with van der Waals surface area (Å²) in [6, 6.07) is 7.63. The highest BCUT2D eigenvalue weighted by Gasteiger charge is 2.54. The van der Waals surface area contributed by atoms with Crippen LogP contribution in [0.4, 0.5) is 5.13 Å². The molecule has 5 rings (SSSR count). The van der Waals surface area contributed by atoms with Crippen LogP contribution in [0.25, 0.3) is 10.9 Å². The number of nitrogens with one attached hydrogen (secondary N) is 1. The lowest BCUT2D eigenvalue weighted by molar-refractivity contribution is -0.663. The number of β-lactam (4-membered cyclic amide) rings is 1. The SMILES string of the molecule is CO/N=C(\C(=O)NC1C(=O)N2C(C(=O)O)=C(C[n+]3cccc4cc(O)ccc43)CS[C@H]12)c1csc(N)n1. The molecule has 12 nitrogen and oxygen atoms in total. The molecule has 0 radical (unpaired) electrons. The molecule has 1 unspecified atom stereocenters. The molecular weight excluding hydrogens is 520 g/mol. The van der Waals surface area contributed by atoms with Gasteiger partial charge >= 0.3 is 5.97 Å². The molecule has 1 aromatic carbocycles. The Morgan fingerprint density at radius 3 is 2.89 bits per heavy atom. The number of anilines is 1. The van der Waals surface area contributed by atoms with Crippen molar-refractivity contribution in [2.24, 2.45) is 5.16 Å². The number of phenolic OH excluding ortho intramolecular Hbond substituents is 1. The normalized spacial score (nSPS) is 19.4. The van der Waals surface area contributed by atoms with Crippen LogP contribution in [0.1, 0.15) is 5.69 Å². The number of phenols is 1. The van der Waals surface area contributed by atoms with E-state index in [4.69, 9.17) is 10.6 Å². The number of thiazole rings is 1. The van der Waals surface area contributed by atoms with Gasteiger partial charge in [-0.1, -0.05) is 5.16 Å². The molecule has 2 aliphatic heterocycles. The molecule has 1 fully saturated rings. The van der Waals surface area contributed by atoms with Crippen LogP contribution >= 0.6 is 23.1 Å². The van der Waals surface area contributed by atoms with Crippen LogP contribution < -0.4 is 15.6 Å². The van der Waals surface area contributed by atoms with Crippen LogP contribution in [-0.4, -0.2) is 67.9 Å². The van der Waals surface area contributed by atoms with E-state index in [-0.39, 0.29) is 34.5 Å². The molecule has 2 atom stereocenters. The van der Waals surface area contributed by atoms with Crippen molar-refractivity contribution in [3.8, 4) is 5.75 Å². The number of pyridine rings is 1. The first kappa shape index (κ1) is 24.5. The Hall–Kier alpha value is -4.17. The minimum atomic E-state index is -1.23. The number of fused-ring (bicyclic) bond motifs is 2. The summed E-state index contributed by atoms with van der Waals surface area (Å²) < 4.78 is 1.87. The number of hydrogen-bond acceptors (Lipinski definition) is 10. The Labute approximate surface area is 218 Å². The van der Waals surface area contributed by atoms with Gasteiger partial charge in [0.05, 0.1) is 5.39 Å². The largest absolute Gasteiger partial charge is 0.508 e. The lowest BCUT2D eigenvalue weighted by atomic mass is 10.0. The summed E-state index contributed by atoms with van der Waals surface area (Å²) in [5.74, 6) is -1.99. The molecule has 0 spiro atoms. The number of nitrogens with two attached hydrogens (primary N) is 1. The van der Waals surface area contributed by atoms with Gasteiger partial charge in [0.2, 0.25) is 5.52 Å². The monoisotopic (exact) mass is 541 g/mol. The second-order valence-electron chi connectivity index (χ2n) is 8.19. The van der Waals surface area contributed by atoms with Gasteiger partial charge in [0, 0.05) is 28.8 Å². The first-order valence-corrected chi connectivity index (χ1v) is 12.9. The van der Waals surface area contributed by atoms with Gasteiger partial charge in [-0.25, -0.2) is 9.78 Å². The van der Waals surface area contributed by atoms with Crippen LogP contribution in [0.15, 0.2) is 58.3 Å². The zero-order valence-electron chi connectivity index (χ0n) is 19.3. The average Bonchev–Trinajstić information content (AvgIpc) is 3.30. The maximum atomic E-state index is 13.1. The van der Waals surface area contributed by atoms with Gasteiger partial charge in [0.15, 0.2) is 23.6 Å². The van der Waals surface area contributed by atoms with Crippen LogP contribution in [0.3, 0.4) is 0 Å². The van der Waals surface area contributed by atoms with Gasteiger partial charge in [-0.2, -0.15) is 4.57 Å². The van der Waals surface area contributed by atoms with Crippen LogP contribution in [0, 0.1) is 0 Å². The standard InChI is InChI=1S/C23H20N6O6S2/c1-35-27-16(14-10-37-23(24)25-14)19(31)26-17-20(32)29-18(22(33)34)12(9-36-21(17)29)8-28-6-2-3-11-7-13(30)4-5-15(11)28/h2-7,10,17,21H,8-9H2,1H3,(H4-,24,25,26,30,31,33,34)/p+1/b27-16-/t17?,21-/m1/s1. The number of aromatic hydroxyl groups is 1. The maximum Gasteiger partial charge on any atom is 0.352 e. The third kappa shape index (κ3) is 4.44.